The number of benzene rings is 2. The Labute approximate surface area is 181 Å². The topological polar surface area (TPSA) is 35.6 Å². The van der Waals surface area contributed by atoms with Gasteiger partial charge in [-0.1, -0.05) is 24.6 Å². The Kier molecular flexibility index (Phi) is 6.43. The summed E-state index contributed by atoms with van der Waals surface area (Å²) in [5.74, 6) is 0.0257. The Morgan fingerprint density at radius 2 is 1.77 bits per heavy atom. The van der Waals surface area contributed by atoms with Gasteiger partial charge in [0, 0.05) is 31.4 Å². The van der Waals surface area contributed by atoms with Gasteiger partial charge in [0.25, 0.3) is 5.91 Å². The van der Waals surface area contributed by atoms with Gasteiger partial charge in [0.05, 0.1) is 6.04 Å². The fraction of sp³-hybridized carbons (Fsp3) is 0.500. The standard InChI is InChI=1S/C26H35N3O/c1-19-9-10-23(16-20(19)2)26(30)27-18-25(29-14-5-4-6-15-29)22-11-12-24-21(17-22)8-7-13-28(24)3/h9-12,16-17,25H,4-8,13-15,18H2,1-3H3,(H,27,30)/t25-/m0/s1. The number of hydrogen-bond donors (Lipinski definition) is 1. The Morgan fingerprint density at radius 3 is 2.53 bits per heavy atom. The summed E-state index contributed by atoms with van der Waals surface area (Å²) < 4.78 is 0. The van der Waals surface area contributed by atoms with Crippen molar-refractivity contribution in [2.24, 2.45) is 0 Å². The van der Waals surface area contributed by atoms with Gasteiger partial charge in [-0.05, 0) is 93.1 Å². The Hall–Kier alpha value is -2.33. The van der Waals surface area contributed by atoms with E-state index in [1.54, 1.807) is 0 Å². The van der Waals surface area contributed by atoms with Crippen molar-refractivity contribution in [2.45, 2.75) is 52.0 Å². The number of nitrogens with one attached hydrogen (secondary N) is 1. The minimum atomic E-state index is 0.0257. The molecule has 0 aliphatic carbocycles. The molecule has 4 heteroatoms. The number of carbonyl (C=O) groups excluding carboxylic acids is 1. The van der Waals surface area contributed by atoms with Gasteiger partial charge in [-0.15, -0.1) is 0 Å². The van der Waals surface area contributed by atoms with E-state index in [4.69, 9.17) is 0 Å². The number of rotatable bonds is 5. The highest BCUT2D eigenvalue weighted by atomic mass is 16.1. The van der Waals surface area contributed by atoms with Gasteiger partial charge < -0.3 is 10.2 Å². The van der Waals surface area contributed by atoms with Crippen LogP contribution in [0, 0.1) is 13.8 Å². The number of piperidine rings is 1. The first-order valence-electron chi connectivity index (χ1n) is 11.5. The van der Waals surface area contributed by atoms with Crippen LogP contribution in [0.4, 0.5) is 5.69 Å². The molecule has 1 amide bonds. The van der Waals surface area contributed by atoms with E-state index in [2.05, 4.69) is 54.2 Å². The summed E-state index contributed by atoms with van der Waals surface area (Å²) in [4.78, 5) is 17.8. The van der Waals surface area contributed by atoms with Crippen LogP contribution in [0.25, 0.3) is 0 Å². The van der Waals surface area contributed by atoms with Gasteiger partial charge in [0.1, 0.15) is 0 Å². The van der Waals surface area contributed by atoms with Gasteiger partial charge in [-0.3, -0.25) is 9.69 Å². The maximum atomic E-state index is 12.9. The van der Waals surface area contributed by atoms with E-state index in [1.807, 2.05) is 18.2 Å². The molecule has 160 valence electrons. The van der Waals surface area contributed by atoms with E-state index in [0.717, 1.165) is 37.2 Å². The van der Waals surface area contributed by atoms with Crippen molar-refractivity contribution in [3.8, 4) is 0 Å². The van der Waals surface area contributed by atoms with E-state index in [1.165, 1.54) is 48.1 Å². The molecule has 2 aliphatic heterocycles. The average Bonchev–Trinajstić information content (AvgIpc) is 2.76. The lowest BCUT2D eigenvalue weighted by Gasteiger charge is -2.36. The second kappa shape index (κ2) is 9.22. The number of anilines is 1. The van der Waals surface area contributed by atoms with Crippen LogP contribution in [0.3, 0.4) is 0 Å². The van der Waals surface area contributed by atoms with Crippen molar-refractivity contribution in [2.75, 3.05) is 38.1 Å². The predicted molar refractivity (Wildman–Crippen MR) is 124 cm³/mol. The smallest absolute Gasteiger partial charge is 0.251 e. The van der Waals surface area contributed by atoms with Gasteiger partial charge in [-0.25, -0.2) is 0 Å². The van der Waals surface area contributed by atoms with Crippen molar-refractivity contribution in [1.82, 2.24) is 10.2 Å². The third kappa shape index (κ3) is 4.54. The minimum absolute atomic E-state index is 0.0257. The molecule has 1 atom stereocenters. The van der Waals surface area contributed by atoms with Gasteiger partial charge in [0.15, 0.2) is 0 Å². The monoisotopic (exact) mass is 405 g/mol. The summed E-state index contributed by atoms with van der Waals surface area (Å²) in [5.41, 5.74) is 7.28. The molecule has 30 heavy (non-hydrogen) atoms. The van der Waals surface area contributed by atoms with Crippen LogP contribution in [0.15, 0.2) is 36.4 Å². The van der Waals surface area contributed by atoms with E-state index >= 15 is 0 Å². The Balaban J connectivity index is 1.54. The third-order valence-corrected chi connectivity index (χ3v) is 6.90. The molecule has 1 saturated heterocycles. The van der Waals surface area contributed by atoms with Gasteiger partial charge in [-0.2, -0.15) is 0 Å². The molecule has 0 saturated carbocycles. The van der Waals surface area contributed by atoms with Crippen molar-refractivity contribution < 1.29 is 4.79 Å². The van der Waals surface area contributed by atoms with Crippen LogP contribution >= 0.6 is 0 Å². The molecule has 2 aromatic carbocycles. The summed E-state index contributed by atoms with van der Waals surface area (Å²) >= 11 is 0. The zero-order valence-corrected chi connectivity index (χ0v) is 18.7. The van der Waals surface area contributed by atoms with E-state index in [-0.39, 0.29) is 11.9 Å². The molecule has 0 aromatic heterocycles. The molecule has 2 heterocycles. The fourth-order valence-corrected chi connectivity index (χ4v) is 4.87. The van der Waals surface area contributed by atoms with Crippen molar-refractivity contribution >= 4 is 11.6 Å². The molecule has 0 radical (unpaired) electrons. The zero-order valence-electron chi connectivity index (χ0n) is 18.7. The molecule has 0 spiro atoms. The van der Waals surface area contributed by atoms with Crippen LogP contribution in [0.5, 0.6) is 0 Å². The number of likely N-dealkylation sites (tertiary alicyclic amines) is 1. The summed E-state index contributed by atoms with van der Waals surface area (Å²) in [6, 6.07) is 13.2. The van der Waals surface area contributed by atoms with Crippen molar-refractivity contribution in [3.63, 3.8) is 0 Å². The molecule has 2 aromatic rings. The normalized spacial score (nSPS) is 18.0. The van der Waals surface area contributed by atoms with Crippen molar-refractivity contribution in [3.05, 3.63) is 64.2 Å². The summed E-state index contributed by atoms with van der Waals surface area (Å²) in [6.45, 7) is 8.15. The summed E-state index contributed by atoms with van der Waals surface area (Å²) in [6.07, 6.45) is 6.16. The van der Waals surface area contributed by atoms with Gasteiger partial charge in [0.2, 0.25) is 0 Å². The molecule has 0 unspecified atom stereocenters. The van der Waals surface area contributed by atoms with E-state index in [9.17, 15) is 4.79 Å². The number of amides is 1. The fourth-order valence-electron chi connectivity index (χ4n) is 4.87. The van der Waals surface area contributed by atoms with Gasteiger partial charge >= 0.3 is 0 Å². The molecular formula is C26H35N3O. The van der Waals surface area contributed by atoms with Crippen molar-refractivity contribution in [1.29, 1.82) is 0 Å². The molecule has 2 aliphatic rings. The van der Waals surface area contributed by atoms with Crippen LogP contribution in [0.1, 0.15) is 64.3 Å². The Bertz CT molecular complexity index is 901. The lowest BCUT2D eigenvalue weighted by Crippen LogP contribution is -2.40. The summed E-state index contributed by atoms with van der Waals surface area (Å²) in [7, 11) is 2.18. The third-order valence-electron chi connectivity index (χ3n) is 6.90. The van der Waals surface area contributed by atoms with Crippen LogP contribution in [-0.2, 0) is 6.42 Å². The number of aryl methyl sites for hydroxylation is 3. The maximum absolute atomic E-state index is 12.9. The molecule has 0 bridgehead atoms. The quantitative estimate of drug-likeness (QED) is 0.787. The first-order valence-corrected chi connectivity index (χ1v) is 11.5. The van der Waals surface area contributed by atoms with Crippen LogP contribution in [0.2, 0.25) is 0 Å². The summed E-state index contributed by atoms with van der Waals surface area (Å²) in [5, 5.41) is 3.24. The van der Waals surface area contributed by atoms with E-state index in [0.29, 0.717) is 6.54 Å². The Morgan fingerprint density at radius 1 is 0.967 bits per heavy atom. The highest BCUT2D eigenvalue weighted by molar-refractivity contribution is 5.94. The first-order chi connectivity index (χ1) is 14.5. The van der Waals surface area contributed by atoms with Crippen LogP contribution < -0.4 is 10.2 Å². The maximum Gasteiger partial charge on any atom is 0.251 e. The largest absolute Gasteiger partial charge is 0.374 e. The second-order valence-corrected chi connectivity index (χ2v) is 9.03. The second-order valence-electron chi connectivity index (χ2n) is 9.03. The molecule has 1 N–H and O–H groups in total. The SMILES string of the molecule is Cc1ccc(C(=O)NC[C@@H](c2ccc3c(c2)CCCN3C)N2CCCCC2)cc1C. The number of carbonyl (C=O) groups is 1. The first kappa shape index (κ1) is 20.9. The molecule has 4 nitrogen and oxygen atoms in total. The molecular weight excluding hydrogens is 370 g/mol. The molecule has 4 rings (SSSR count). The van der Waals surface area contributed by atoms with E-state index < -0.39 is 0 Å². The predicted octanol–water partition coefficient (Wildman–Crippen LogP) is 4.64. The lowest BCUT2D eigenvalue weighted by molar-refractivity contribution is 0.0924. The number of nitrogens with zero attached hydrogens (tertiary/aromatic N) is 2. The zero-order chi connectivity index (χ0) is 21.1. The highest BCUT2D eigenvalue weighted by Crippen LogP contribution is 2.31. The highest BCUT2D eigenvalue weighted by Gasteiger charge is 2.25. The van der Waals surface area contributed by atoms with Crippen LogP contribution in [-0.4, -0.2) is 44.0 Å². The minimum Gasteiger partial charge on any atom is -0.374 e. The number of fused-ring (bicyclic) bond motifs is 1. The number of hydrogen-bond acceptors (Lipinski definition) is 3. The molecule has 1 fully saturated rings. The lowest BCUT2D eigenvalue weighted by atomic mass is 9.95. The average molecular weight is 406 g/mol.